The maximum Gasteiger partial charge on any atom is 0.253 e. The first-order valence-corrected chi connectivity index (χ1v) is 6.17. The first-order chi connectivity index (χ1) is 8.66. The Labute approximate surface area is 110 Å². The van der Waals surface area contributed by atoms with Crippen LogP contribution in [0, 0.1) is 0 Å². The third kappa shape index (κ3) is 1.80. The average Bonchev–Trinajstić information content (AvgIpc) is 2.74. The summed E-state index contributed by atoms with van der Waals surface area (Å²) in [6, 6.07) is 6.93. The number of anilines is 1. The molecule has 0 radical (unpaired) electrons. The van der Waals surface area contributed by atoms with E-state index in [9.17, 15) is 4.79 Å². The number of benzene rings is 1. The first-order valence-electron chi connectivity index (χ1n) is 5.80. The molecule has 1 fully saturated rings. The summed E-state index contributed by atoms with van der Waals surface area (Å²) >= 11 is 5.84. The van der Waals surface area contributed by atoms with Crippen molar-refractivity contribution in [2.45, 2.75) is 25.0 Å². The molecule has 0 bridgehead atoms. The van der Waals surface area contributed by atoms with Gasteiger partial charge in [-0.25, -0.2) is 5.43 Å². The topological polar surface area (TPSA) is 56.7 Å². The summed E-state index contributed by atoms with van der Waals surface area (Å²) < 4.78 is 0. The molecule has 1 aromatic carbocycles. The van der Waals surface area contributed by atoms with Crippen molar-refractivity contribution >= 4 is 29.5 Å². The van der Waals surface area contributed by atoms with Crippen LogP contribution in [0.1, 0.15) is 6.92 Å². The fraction of sp³-hybridized carbons (Fsp3) is 0.333. The maximum atomic E-state index is 12.3. The number of nitrogens with zero attached hydrogens (tertiary/aromatic N) is 2. The van der Waals surface area contributed by atoms with Crippen LogP contribution < -0.4 is 15.8 Å². The SMILES string of the molecule is CC1NNC2C(=O)N(c3ccc(Cl)cc3)C=NC12. The van der Waals surface area contributed by atoms with Gasteiger partial charge in [0.2, 0.25) is 0 Å². The van der Waals surface area contributed by atoms with Gasteiger partial charge in [-0.15, -0.1) is 0 Å². The Kier molecular flexibility index (Phi) is 2.81. The van der Waals surface area contributed by atoms with Crippen LogP contribution in [0.25, 0.3) is 0 Å². The van der Waals surface area contributed by atoms with E-state index in [-0.39, 0.29) is 24.0 Å². The number of fused-ring (bicyclic) bond motifs is 1. The minimum Gasteiger partial charge on any atom is -0.272 e. The van der Waals surface area contributed by atoms with E-state index in [1.165, 1.54) is 0 Å². The molecule has 1 aromatic rings. The van der Waals surface area contributed by atoms with Crippen LogP contribution in [0.15, 0.2) is 29.3 Å². The average molecular weight is 265 g/mol. The van der Waals surface area contributed by atoms with E-state index >= 15 is 0 Å². The summed E-state index contributed by atoms with van der Waals surface area (Å²) in [4.78, 5) is 18.3. The van der Waals surface area contributed by atoms with Crippen LogP contribution in [-0.4, -0.2) is 30.4 Å². The molecule has 3 rings (SSSR count). The molecule has 2 heterocycles. The molecule has 1 amide bonds. The number of rotatable bonds is 1. The van der Waals surface area contributed by atoms with Gasteiger partial charge in [-0.2, -0.15) is 0 Å². The summed E-state index contributed by atoms with van der Waals surface area (Å²) in [5, 5.41) is 0.646. The zero-order valence-electron chi connectivity index (χ0n) is 9.80. The molecule has 18 heavy (non-hydrogen) atoms. The smallest absolute Gasteiger partial charge is 0.253 e. The van der Waals surface area contributed by atoms with Crippen LogP contribution in [0.5, 0.6) is 0 Å². The summed E-state index contributed by atoms with van der Waals surface area (Å²) in [5.41, 5.74) is 6.80. The van der Waals surface area contributed by atoms with Crippen molar-refractivity contribution in [2.75, 3.05) is 4.90 Å². The predicted molar refractivity (Wildman–Crippen MR) is 70.7 cm³/mol. The molecule has 1 saturated heterocycles. The van der Waals surface area contributed by atoms with Crippen molar-refractivity contribution in [1.82, 2.24) is 10.9 Å². The van der Waals surface area contributed by atoms with Crippen molar-refractivity contribution < 1.29 is 4.79 Å². The number of carbonyl (C=O) groups excluding carboxylic acids is 1. The monoisotopic (exact) mass is 264 g/mol. The molecule has 94 valence electrons. The second kappa shape index (κ2) is 4.35. The molecule has 5 nitrogen and oxygen atoms in total. The Balaban J connectivity index is 1.91. The second-order valence-electron chi connectivity index (χ2n) is 4.49. The van der Waals surface area contributed by atoms with Gasteiger partial charge in [-0.1, -0.05) is 11.6 Å². The second-order valence-corrected chi connectivity index (χ2v) is 4.93. The predicted octanol–water partition coefficient (Wildman–Crippen LogP) is 0.948. The molecule has 0 aromatic heterocycles. The standard InChI is InChI=1S/C12H13ClN4O/c1-7-10-11(16-15-7)12(18)17(6-14-10)9-4-2-8(13)3-5-9/h2-7,10-11,15-16H,1H3. The van der Waals surface area contributed by atoms with Crippen LogP contribution >= 0.6 is 11.6 Å². The fourth-order valence-corrected chi connectivity index (χ4v) is 2.38. The molecule has 2 N–H and O–H groups in total. The molecule has 3 atom stereocenters. The number of hydrazine groups is 1. The van der Waals surface area contributed by atoms with E-state index < -0.39 is 0 Å². The number of hydrogen-bond donors (Lipinski definition) is 2. The van der Waals surface area contributed by atoms with Crippen molar-refractivity contribution in [2.24, 2.45) is 4.99 Å². The molecular formula is C12H13ClN4O. The van der Waals surface area contributed by atoms with Gasteiger partial charge in [-0.3, -0.25) is 20.1 Å². The lowest BCUT2D eigenvalue weighted by atomic mass is 10.0. The van der Waals surface area contributed by atoms with Crippen LogP contribution in [0.4, 0.5) is 5.69 Å². The van der Waals surface area contributed by atoms with Gasteiger partial charge < -0.3 is 0 Å². The number of nitrogens with one attached hydrogen (secondary N) is 2. The Morgan fingerprint density at radius 1 is 1.28 bits per heavy atom. The largest absolute Gasteiger partial charge is 0.272 e. The zero-order valence-corrected chi connectivity index (χ0v) is 10.6. The number of carbonyl (C=O) groups is 1. The van der Waals surface area contributed by atoms with Gasteiger partial charge in [0, 0.05) is 16.8 Å². The van der Waals surface area contributed by atoms with Gasteiger partial charge >= 0.3 is 0 Å². The Morgan fingerprint density at radius 2 is 2.00 bits per heavy atom. The molecule has 2 aliphatic heterocycles. The highest BCUT2D eigenvalue weighted by molar-refractivity contribution is 6.30. The normalized spacial score (nSPS) is 30.7. The van der Waals surface area contributed by atoms with Crippen molar-refractivity contribution in [3.05, 3.63) is 29.3 Å². The number of aliphatic imine (C=N–C) groups is 1. The third-order valence-electron chi connectivity index (χ3n) is 3.28. The minimum absolute atomic E-state index is 0.00540. The van der Waals surface area contributed by atoms with Gasteiger partial charge in [0.05, 0.1) is 12.4 Å². The summed E-state index contributed by atoms with van der Waals surface area (Å²) in [6.45, 7) is 2.00. The third-order valence-corrected chi connectivity index (χ3v) is 3.53. The summed E-state index contributed by atoms with van der Waals surface area (Å²) in [6.07, 6.45) is 1.60. The van der Waals surface area contributed by atoms with Gasteiger partial charge in [0.25, 0.3) is 5.91 Å². The van der Waals surface area contributed by atoms with E-state index in [1.54, 1.807) is 35.5 Å². The van der Waals surface area contributed by atoms with E-state index in [2.05, 4.69) is 15.8 Å². The fourth-order valence-electron chi connectivity index (χ4n) is 2.25. The lowest BCUT2D eigenvalue weighted by Gasteiger charge is -2.28. The van der Waals surface area contributed by atoms with Crippen molar-refractivity contribution in [3.63, 3.8) is 0 Å². The van der Waals surface area contributed by atoms with Gasteiger partial charge in [0.15, 0.2) is 0 Å². The molecule has 2 aliphatic rings. The Hall–Kier alpha value is -1.43. The Bertz CT molecular complexity index is 501. The maximum absolute atomic E-state index is 12.3. The molecule has 3 unspecified atom stereocenters. The van der Waals surface area contributed by atoms with E-state index in [1.807, 2.05) is 6.92 Å². The number of amides is 1. The number of halogens is 1. The lowest BCUT2D eigenvalue weighted by Crippen LogP contribution is -2.52. The highest BCUT2D eigenvalue weighted by Crippen LogP contribution is 2.23. The zero-order chi connectivity index (χ0) is 12.7. The van der Waals surface area contributed by atoms with Crippen LogP contribution in [-0.2, 0) is 4.79 Å². The molecule has 0 saturated carbocycles. The minimum atomic E-state index is -0.305. The highest BCUT2D eigenvalue weighted by atomic mass is 35.5. The molecule has 6 heteroatoms. The van der Waals surface area contributed by atoms with Crippen LogP contribution in [0.2, 0.25) is 5.02 Å². The van der Waals surface area contributed by atoms with Crippen molar-refractivity contribution in [3.8, 4) is 0 Å². The summed E-state index contributed by atoms with van der Waals surface area (Å²) in [7, 11) is 0. The lowest BCUT2D eigenvalue weighted by molar-refractivity contribution is -0.119. The Morgan fingerprint density at radius 3 is 2.72 bits per heavy atom. The van der Waals surface area contributed by atoms with Crippen LogP contribution in [0.3, 0.4) is 0 Å². The first kappa shape index (κ1) is 11.6. The van der Waals surface area contributed by atoms with Crippen molar-refractivity contribution in [1.29, 1.82) is 0 Å². The molecular weight excluding hydrogens is 252 g/mol. The van der Waals surface area contributed by atoms with E-state index in [0.717, 1.165) is 5.69 Å². The van der Waals surface area contributed by atoms with Gasteiger partial charge in [0.1, 0.15) is 6.04 Å². The quantitative estimate of drug-likeness (QED) is 0.794. The molecule has 0 spiro atoms. The van der Waals surface area contributed by atoms with E-state index in [4.69, 9.17) is 11.6 Å². The molecule has 0 aliphatic carbocycles. The highest BCUT2D eigenvalue weighted by Gasteiger charge is 2.42. The van der Waals surface area contributed by atoms with Gasteiger partial charge in [-0.05, 0) is 31.2 Å². The summed E-state index contributed by atoms with van der Waals surface area (Å²) in [5.74, 6) is -0.00540. The van der Waals surface area contributed by atoms with E-state index in [0.29, 0.717) is 5.02 Å². The number of hydrogen-bond acceptors (Lipinski definition) is 4.